The van der Waals surface area contributed by atoms with E-state index in [9.17, 15) is 19.2 Å². The minimum atomic E-state index is -1.82. The van der Waals surface area contributed by atoms with Crippen LogP contribution in [0.15, 0.2) is 0 Å². The zero-order valence-electron chi connectivity index (χ0n) is 21.6. The van der Waals surface area contributed by atoms with E-state index in [4.69, 9.17) is 34.4 Å². The Hall–Kier alpha value is -3.18. The van der Waals surface area contributed by atoms with Gasteiger partial charge in [-0.05, 0) is 19.3 Å². The fourth-order valence-corrected chi connectivity index (χ4v) is 2.26. The summed E-state index contributed by atoms with van der Waals surface area (Å²) in [6.45, 7) is 7.13. The van der Waals surface area contributed by atoms with E-state index in [1.54, 1.807) is 0 Å². The number of carboxylic acids is 3. The van der Waals surface area contributed by atoms with Gasteiger partial charge in [0.25, 0.3) is 0 Å². The molecule has 210 valence electrons. The Morgan fingerprint density at radius 2 is 0.694 bits per heavy atom. The second kappa shape index (κ2) is 28.1. The molecular formula is C24H42O12. The van der Waals surface area contributed by atoms with Crippen molar-refractivity contribution in [1.82, 2.24) is 0 Å². The fourth-order valence-electron chi connectivity index (χ4n) is 2.26. The number of rotatable bonds is 15. The molecule has 12 nitrogen and oxygen atoms in total. The summed E-state index contributed by atoms with van der Waals surface area (Å²) in [7, 11) is 0. The highest BCUT2D eigenvalue weighted by Crippen LogP contribution is 2.01. The molecule has 0 aliphatic carbocycles. The molecule has 0 fully saturated rings. The van der Waals surface area contributed by atoms with Crippen LogP contribution in [0.25, 0.3) is 0 Å². The van der Waals surface area contributed by atoms with E-state index in [2.05, 4.69) is 25.5 Å². The van der Waals surface area contributed by atoms with Crippen molar-refractivity contribution in [3.8, 4) is 0 Å². The summed E-state index contributed by atoms with van der Waals surface area (Å²) in [5.74, 6) is -8.05. The third-order valence-corrected chi connectivity index (χ3v) is 4.22. The Kier molecular flexibility index (Phi) is 29.1. The monoisotopic (exact) mass is 522 g/mol. The molecule has 0 aromatic rings. The molecule has 0 aromatic heterocycles. The molecule has 0 heterocycles. The van der Waals surface area contributed by atoms with Gasteiger partial charge >= 0.3 is 35.8 Å². The van der Waals surface area contributed by atoms with E-state index in [1.807, 2.05) is 0 Å². The second-order valence-electron chi connectivity index (χ2n) is 7.51. The maximum atomic E-state index is 11.2. The summed E-state index contributed by atoms with van der Waals surface area (Å²) in [5.41, 5.74) is 0. The van der Waals surface area contributed by atoms with Crippen molar-refractivity contribution in [2.24, 2.45) is 0 Å². The quantitative estimate of drug-likeness (QED) is 0.123. The third-order valence-electron chi connectivity index (χ3n) is 4.22. The summed E-state index contributed by atoms with van der Waals surface area (Å²) in [4.78, 5) is 60.9. The molecule has 0 saturated carbocycles. The number of hydrogen-bond acceptors (Lipinski definition) is 9. The molecule has 0 unspecified atom stereocenters. The number of carboxylic acid groups (broad SMARTS) is 3. The lowest BCUT2D eigenvalue weighted by atomic mass is 10.2. The molecule has 36 heavy (non-hydrogen) atoms. The normalized spacial score (nSPS) is 9.42. The lowest BCUT2D eigenvalue weighted by molar-refractivity contribution is -0.167. The number of carbonyl (C=O) groups excluding carboxylic acids is 3. The minimum absolute atomic E-state index is 0.213. The van der Waals surface area contributed by atoms with Crippen LogP contribution in [0.1, 0.15) is 97.8 Å². The first-order valence-corrected chi connectivity index (χ1v) is 12.2. The minimum Gasteiger partial charge on any atom is -0.473 e. The van der Waals surface area contributed by atoms with Crippen molar-refractivity contribution in [2.75, 3.05) is 19.8 Å². The average molecular weight is 523 g/mol. The van der Waals surface area contributed by atoms with Crippen molar-refractivity contribution in [3.63, 3.8) is 0 Å². The molecule has 0 amide bonds. The summed E-state index contributed by atoms with van der Waals surface area (Å²) in [6.07, 6.45) is 12.1. The molecule has 0 bridgehead atoms. The van der Waals surface area contributed by atoms with E-state index in [0.29, 0.717) is 13.2 Å². The smallest absolute Gasteiger partial charge is 0.417 e. The van der Waals surface area contributed by atoms with Crippen molar-refractivity contribution in [3.05, 3.63) is 0 Å². The standard InChI is InChI=1S/C14H26O4.C8H14O4.C2H2O4/c1-3-5-7-9-11-17-13(15)14(16)18-12-10-8-6-4-2;1-2-3-4-5-6-12-8(11)7(9)10;3-1(4)2(5)6/h3-12H2,1-2H3;2-6H2,1H3,(H,9,10);(H,3,4)(H,5,6). The first-order chi connectivity index (χ1) is 17.0. The van der Waals surface area contributed by atoms with E-state index in [1.165, 1.54) is 0 Å². The summed E-state index contributed by atoms with van der Waals surface area (Å²) in [5, 5.41) is 22.9. The van der Waals surface area contributed by atoms with Gasteiger partial charge in [-0.1, -0.05) is 78.6 Å². The molecule has 0 saturated heterocycles. The van der Waals surface area contributed by atoms with Crippen LogP contribution in [-0.2, 0) is 43.0 Å². The molecule has 0 aliphatic heterocycles. The van der Waals surface area contributed by atoms with Crippen LogP contribution in [0, 0.1) is 0 Å². The van der Waals surface area contributed by atoms with E-state index >= 15 is 0 Å². The van der Waals surface area contributed by atoms with Crippen LogP contribution in [-0.4, -0.2) is 71.0 Å². The average Bonchev–Trinajstić information content (AvgIpc) is 2.83. The lowest BCUT2D eigenvalue weighted by Gasteiger charge is -2.05. The number of esters is 3. The highest BCUT2D eigenvalue weighted by Gasteiger charge is 2.16. The molecule has 0 spiro atoms. The van der Waals surface area contributed by atoms with Crippen molar-refractivity contribution < 1.29 is 58.3 Å². The van der Waals surface area contributed by atoms with E-state index in [0.717, 1.165) is 77.0 Å². The Morgan fingerprint density at radius 1 is 0.417 bits per heavy atom. The maximum absolute atomic E-state index is 11.2. The molecule has 0 atom stereocenters. The topological polar surface area (TPSA) is 191 Å². The predicted octanol–water partition coefficient (Wildman–Crippen LogP) is 3.58. The fraction of sp³-hybridized carbons (Fsp3) is 0.750. The summed E-state index contributed by atoms with van der Waals surface area (Å²) < 4.78 is 14.0. The zero-order chi connectivity index (χ0) is 28.2. The molecule has 0 radical (unpaired) electrons. The highest BCUT2D eigenvalue weighted by molar-refractivity contribution is 6.29. The molecule has 0 aliphatic rings. The first-order valence-electron chi connectivity index (χ1n) is 12.2. The van der Waals surface area contributed by atoms with Gasteiger partial charge in [-0.15, -0.1) is 0 Å². The highest BCUT2D eigenvalue weighted by atomic mass is 16.6. The lowest BCUT2D eigenvalue weighted by Crippen LogP contribution is -2.21. The van der Waals surface area contributed by atoms with Gasteiger partial charge < -0.3 is 29.5 Å². The van der Waals surface area contributed by atoms with E-state index in [-0.39, 0.29) is 6.61 Å². The van der Waals surface area contributed by atoms with Crippen molar-refractivity contribution in [1.29, 1.82) is 0 Å². The molecule has 12 heteroatoms. The van der Waals surface area contributed by atoms with Gasteiger partial charge in [0.2, 0.25) is 0 Å². The van der Waals surface area contributed by atoms with Gasteiger partial charge in [0, 0.05) is 0 Å². The first kappa shape index (κ1) is 37.4. The van der Waals surface area contributed by atoms with Gasteiger partial charge in [0.15, 0.2) is 0 Å². The SMILES string of the molecule is CCCCCCOC(=O)C(=O)O.CCCCCCOC(=O)C(=O)OCCCCCC.O=C(O)C(=O)O. The second-order valence-corrected chi connectivity index (χ2v) is 7.51. The van der Waals surface area contributed by atoms with Crippen LogP contribution in [0.2, 0.25) is 0 Å². The largest absolute Gasteiger partial charge is 0.473 e. The van der Waals surface area contributed by atoms with Crippen molar-refractivity contribution in [2.45, 2.75) is 97.8 Å². The Morgan fingerprint density at radius 3 is 0.917 bits per heavy atom. The van der Waals surface area contributed by atoms with Gasteiger partial charge in [-0.25, -0.2) is 28.8 Å². The number of unbranched alkanes of at least 4 members (excludes halogenated alkanes) is 9. The zero-order valence-corrected chi connectivity index (χ0v) is 21.6. The van der Waals surface area contributed by atoms with Crippen molar-refractivity contribution >= 4 is 35.8 Å². The maximum Gasteiger partial charge on any atom is 0.417 e. The third kappa shape index (κ3) is 30.8. The Balaban J connectivity index is -0.000000518. The van der Waals surface area contributed by atoms with Gasteiger partial charge in [-0.3, -0.25) is 0 Å². The molecule has 3 N–H and O–H groups in total. The number of hydrogen-bond donors (Lipinski definition) is 3. The number of aliphatic carboxylic acids is 3. The van der Waals surface area contributed by atoms with Gasteiger partial charge in [0.1, 0.15) is 0 Å². The van der Waals surface area contributed by atoms with Crippen LogP contribution < -0.4 is 0 Å². The Labute approximate surface area is 212 Å². The van der Waals surface area contributed by atoms with Crippen LogP contribution in [0.4, 0.5) is 0 Å². The summed E-state index contributed by atoms with van der Waals surface area (Å²) >= 11 is 0. The van der Waals surface area contributed by atoms with Crippen LogP contribution in [0.5, 0.6) is 0 Å². The van der Waals surface area contributed by atoms with Gasteiger partial charge in [-0.2, -0.15) is 0 Å². The van der Waals surface area contributed by atoms with Crippen LogP contribution in [0.3, 0.4) is 0 Å². The van der Waals surface area contributed by atoms with Gasteiger partial charge in [0.05, 0.1) is 19.8 Å². The molecule has 0 rings (SSSR count). The number of carbonyl (C=O) groups is 6. The Bertz CT molecular complexity index is 595. The summed E-state index contributed by atoms with van der Waals surface area (Å²) in [6, 6.07) is 0. The van der Waals surface area contributed by atoms with Crippen LogP contribution >= 0.6 is 0 Å². The number of ether oxygens (including phenoxy) is 3. The molecule has 0 aromatic carbocycles. The van der Waals surface area contributed by atoms with E-state index < -0.39 is 35.8 Å². The molecular weight excluding hydrogens is 480 g/mol. The predicted molar refractivity (Wildman–Crippen MR) is 128 cm³/mol.